The highest BCUT2D eigenvalue weighted by Gasteiger charge is 2.59. The number of methoxy groups -OCH3 is 1. The number of nitrogens with zero attached hydrogens (tertiary/aromatic N) is 3. The van der Waals surface area contributed by atoms with Crippen LogP contribution < -0.4 is 15.4 Å². The summed E-state index contributed by atoms with van der Waals surface area (Å²) >= 11 is 0. The lowest BCUT2D eigenvalue weighted by molar-refractivity contribution is 0.102. The number of hydrogen-bond acceptors (Lipinski definition) is 8. The van der Waals surface area contributed by atoms with E-state index in [1.807, 2.05) is 0 Å². The fourth-order valence-corrected chi connectivity index (χ4v) is 5.34. The molecule has 3 heterocycles. The summed E-state index contributed by atoms with van der Waals surface area (Å²) < 4.78 is 51.7. The van der Waals surface area contributed by atoms with Gasteiger partial charge in [0.05, 0.1) is 32.7 Å². The summed E-state index contributed by atoms with van der Waals surface area (Å²) in [5, 5.41) is 12.3. The van der Waals surface area contributed by atoms with Gasteiger partial charge in [0.1, 0.15) is 22.3 Å². The standard InChI is InChI=1S/C18H19FN6O5S/c1-25-17(20)24-18(9-30-8-14(18)31(25,27)28)11-5-10(3-4-12(11)19)23-16(26)13-6-22-15(29-2)7-21-13/h3-7,14H,8-9H2,1-2H3,(H2,20,24)(H,23,26)/t14-,18-/m1/s1. The van der Waals surface area contributed by atoms with Crippen molar-refractivity contribution in [1.82, 2.24) is 19.6 Å². The van der Waals surface area contributed by atoms with Crippen LogP contribution in [0.3, 0.4) is 0 Å². The molecule has 2 aliphatic heterocycles. The predicted octanol–water partition coefficient (Wildman–Crippen LogP) is 0.270. The van der Waals surface area contributed by atoms with Crippen molar-refractivity contribution in [3.63, 3.8) is 0 Å². The van der Waals surface area contributed by atoms with Crippen molar-refractivity contribution in [2.45, 2.75) is 10.8 Å². The number of aromatic nitrogens is 2. The van der Waals surface area contributed by atoms with E-state index in [9.17, 15) is 17.6 Å². The van der Waals surface area contributed by atoms with E-state index < -0.39 is 38.5 Å². The van der Waals surface area contributed by atoms with Crippen molar-refractivity contribution in [3.8, 4) is 5.88 Å². The average Bonchev–Trinajstić information content (AvgIpc) is 3.19. The molecule has 2 aliphatic rings. The lowest BCUT2D eigenvalue weighted by Crippen LogP contribution is -2.67. The van der Waals surface area contributed by atoms with Crippen LogP contribution in [0.2, 0.25) is 0 Å². The second kappa shape index (κ2) is 7.42. The van der Waals surface area contributed by atoms with E-state index in [1.54, 1.807) is 0 Å². The topological polar surface area (TPSA) is 147 Å². The van der Waals surface area contributed by atoms with Gasteiger partial charge in [0.15, 0.2) is 0 Å². The zero-order valence-corrected chi connectivity index (χ0v) is 17.4. The highest BCUT2D eigenvalue weighted by Crippen LogP contribution is 2.41. The van der Waals surface area contributed by atoms with Gasteiger partial charge in [0.25, 0.3) is 5.91 Å². The van der Waals surface area contributed by atoms with Gasteiger partial charge in [-0.25, -0.2) is 27.1 Å². The lowest BCUT2D eigenvalue weighted by atomic mass is 9.87. The number of amides is 1. The summed E-state index contributed by atoms with van der Waals surface area (Å²) in [6, 6.07) is 3.78. The van der Waals surface area contributed by atoms with Gasteiger partial charge in [-0.3, -0.25) is 10.2 Å². The fraction of sp³-hybridized carbons (Fsp3) is 0.333. The Morgan fingerprint density at radius 2 is 2.19 bits per heavy atom. The molecule has 164 valence electrons. The minimum absolute atomic E-state index is 0.00804. The Labute approximate surface area is 177 Å². The Kier molecular flexibility index (Phi) is 5.01. The molecule has 1 aromatic heterocycles. The van der Waals surface area contributed by atoms with Crippen LogP contribution in [0.5, 0.6) is 5.88 Å². The van der Waals surface area contributed by atoms with Gasteiger partial charge < -0.3 is 20.1 Å². The summed E-state index contributed by atoms with van der Waals surface area (Å²) in [4.78, 5) is 20.3. The largest absolute Gasteiger partial charge is 0.480 e. The minimum Gasteiger partial charge on any atom is -0.480 e. The number of benzene rings is 1. The van der Waals surface area contributed by atoms with E-state index in [0.29, 0.717) is 0 Å². The number of hydrogen-bond donors (Lipinski definition) is 3. The fourth-order valence-electron chi connectivity index (χ4n) is 3.62. The Balaban J connectivity index is 1.69. The zero-order chi connectivity index (χ0) is 22.4. The van der Waals surface area contributed by atoms with Crippen LogP contribution in [0.4, 0.5) is 10.1 Å². The number of carbonyl (C=O) groups excluding carboxylic acids is 1. The van der Waals surface area contributed by atoms with Gasteiger partial charge in [0.2, 0.25) is 21.9 Å². The lowest BCUT2D eigenvalue weighted by Gasteiger charge is -2.43. The third-order valence-corrected chi connectivity index (χ3v) is 7.52. The number of guanidine groups is 1. The van der Waals surface area contributed by atoms with Gasteiger partial charge >= 0.3 is 0 Å². The molecule has 0 spiro atoms. The molecule has 11 nitrogen and oxygen atoms in total. The van der Waals surface area contributed by atoms with Crippen LogP contribution >= 0.6 is 0 Å². The summed E-state index contributed by atoms with van der Waals surface area (Å²) in [7, 11) is -1.30. The molecular formula is C18H19FN6O5S. The SMILES string of the molecule is COc1cnc(C(=O)Nc2ccc(F)c([C@]34COC[C@H]3S(=O)(=O)N(C)C(=N)N4)c2)cn1. The summed E-state index contributed by atoms with van der Waals surface area (Å²) in [6.45, 7) is -0.324. The van der Waals surface area contributed by atoms with Crippen LogP contribution in [0.15, 0.2) is 30.6 Å². The molecule has 0 aliphatic carbocycles. The summed E-state index contributed by atoms with van der Waals surface area (Å²) in [5.74, 6) is -1.45. The first-order valence-corrected chi connectivity index (χ1v) is 10.6. The maximum Gasteiger partial charge on any atom is 0.275 e. The maximum atomic E-state index is 14.9. The number of sulfonamides is 1. The molecule has 3 N–H and O–H groups in total. The van der Waals surface area contributed by atoms with Crippen molar-refractivity contribution in [2.75, 3.05) is 32.7 Å². The third-order valence-electron chi connectivity index (χ3n) is 5.32. The van der Waals surface area contributed by atoms with E-state index in [4.69, 9.17) is 14.9 Å². The van der Waals surface area contributed by atoms with Crippen molar-refractivity contribution >= 4 is 27.6 Å². The van der Waals surface area contributed by atoms with Crippen LogP contribution in [0.25, 0.3) is 0 Å². The monoisotopic (exact) mass is 450 g/mol. The van der Waals surface area contributed by atoms with E-state index in [-0.39, 0.29) is 36.0 Å². The first-order chi connectivity index (χ1) is 14.7. The Bertz CT molecular complexity index is 1160. The van der Waals surface area contributed by atoms with Crippen molar-refractivity contribution in [1.29, 1.82) is 5.41 Å². The number of nitrogens with one attached hydrogen (secondary N) is 3. The quantitative estimate of drug-likeness (QED) is 0.602. The first kappa shape index (κ1) is 20.9. The third kappa shape index (κ3) is 3.35. The van der Waals surface area contributed by atoms with Crippen molar-refractivity contribution in [3.05, 3.63) is 47.7 Å². The molecule has 2 saturated heterocycles. The molecule has 1 aromatic carbocycles. The number of ether oxygens (including phenoxy) is 2. The highest BCUT2D eigenvalue weighted by atomic mass is 32.2. The van der Waals surface area contributed by atoms with Gasteiger partial charge in [-0.1, -0.05) is 0 Å². The molecular weight excluding hydrogens is 431 g/mol. The van der Waals surface area contributed by atoms with Crippen LogP contribution in [0.1, 0.15) is 16.1 Å². The maximum absolute atomic E-state index is 14.9. The Hall–Kier alpha value is -3.32. The molecule has 13 heteroatoms. The van der Waals surface area contributed by atoms with Gasteiger partial charge in [-0.05, 0) is 18.2 Å². The predicted molar refractivity (Wildman–Crippen MR) is 107 cm³/mol. The average molecular weight is 450 g/mol. The second-order valence-electron chi connectivity index (χ2n) is 7.05. The van der Waals surface area contributed by atoms with Crippen molar-refractivity contribution < 1.29 is 27.1 Å². The van der Waals surface area contributed by atoms with Crippen LogP contribution in [-0.4, -0.2) is 67.2 Å². The summed E-state index contributed by atoms with van der Waals surface area (Å²) in [5.41, 5.74) is -1.32. The molecule has 2 aromatic rings. The van der Waals surface area contributed by atoms with E-state index >= 15 is 0 Å². The number of anilines is 1. The van der Waals surface area contributed by atoms with Crippen LogP contribution in [0, 0.1) is 11.2 Å². The van der Waals surface area contributed by atoms with Gasteiger partial charge in [0, 0.05) is 18.3 Å². The molecule has 1 amide bonds. The van der Waals surface area contributed by atoms with Gasteiger partial charge in [-0.15, -0.1) is 0 Å². The Morgan fingerprint density at radius 1 is 1.42 bits per heavy atom. The molecule has 0 saturated carbocycles. The number of halogens is 1. The minimum atomic E-state index is -3.96. The van der Waals surface area contributed by atoms with E-state index in [2.05, 4.69) is 20.6 Å². The normalized spacial score (nSPS) is 24.3. The molecule has 31 heavy (non-hydrogen) atoms. The molecule has 4 rings (SSSR count). The number of rotatable bonds is 4. The molecule has 0 radical (unpaired) electrons. The van der Waals surface area contributed by atoms with Crippen molar-refractivity contribution in [2.24, 2.45) is 0 Å². The van der Waals surface area contributed by atoms with Gasteiger partial charge in [-0.2, -0.15) is 0 Å². The molecule has 0 unspecified atom stereocenters. The highest BCUT2D eigenvalue weighted by molar-refractivity contribution is 7.90. The van der Waals surface area contributed by atoms with Crippen LogP contribution in [-0.2, 0) is 20.3 Å². The Morgan fingerprint density at radius 3 is 2.87 bits per heavy atom. The first-order valence-electron chi connectivity index (χ1n) is 9.08. The molecule has 2 fully saturated rings. The second-order valence-corrected chi connectivity index (χ2v) is 9.20. The number of fused-ring (bicyclic) bond motifs is 1. The summed E-state index contributed by atoms with van der Waals surface area (Å²) in [6.07, 6.45) is 2.51. The zero-order valence-electron chi connectivity index (χ0n) is 16.5. The smallest absolute Gasteiger partial charge is 0.275 e. The molecule has 0 bridgehead atoms. The number of carbonyl (C=O) groups is 1. The van der Waals surface area contributed by atoms with E-state index in [1.165, 1.54) is 38.7 Å². The molecule has 2 atom stereocenters. The van der Waals surface area contributed by atoms with E-state index in [0.717, 1.165) is 10.4 Å².